The maximum Gasteiger partial charge on any atom is 0.416 e. The van der Waals surface area contributed by atoms with Gasteiger partial charge in [-0.2, -0.15) is 13.2 Å². The Labute approximate surface area is 138 Å². The molecule has 0 aliphatic carbocycles. The molecule has 0 unspecified atom stereocenters. The van der Waals surface area contributed by atoms with E-state index in [9.17, 15) is 13.2 Å². The molecule has 24 heavy (non-hydrogen) atoms. The Hall–Kier alpha value is -2.56. The summed E-state index contributed by atoms with van der Waals surface area (Å²) < 4.78 is 38.6. The first-order valence-electron chi connectivity index (χ1n) is 7.61. The molecule has 5 heteroatoms. The minimum Gasteiger partial charge on any atom is -0.380 e. The summed E-state index contributed by atoms with van der Waals surface area (Å²) in [6.07, 6.45) is -4.37. The van der Waals surface area contributed by atoms with Crippen LogP contribution >= 0.6 is 0 Å². The van der Waals surface area contributed by atoms with Gasteiger partial charge in [0.2, 0.25) is 0 Å². The molecule has 3 aromatic rings. The molecule has 124 valence electrons. The lowest BCUT2D eigenvalue weighted by Gasteiger charge is -2.13. The largest absolute Gasteiger partial charge is 0.416 e. The van der Waals surface area contributed by atoms with Crippen LogP contribution in [0.25, 0.3) is 10.9 Å². The molecule has 1 heterocycles. The van der Waals surface area contributed by atoms with Crippen molar-refractivity contribution in [3.63, 3.8) is 0 Å². The summed E-state index contributed by atoms with van der Waals surface area (Å²) in [5.41, 5.74) is 3.41. The molecule has 0 radical (unpaired) electrons. The van der Waals surface area contributed by atoms with Gasteiger partial charge in [-0.3, -0.25) is 4.98 Å². The average Bonchev–Trinajstić information content (AvgIpc) is 2.52. The fourth-order valence-corrected chi connectivity index (χ4v) is 2.59. The lowest BCUT2D eigenvalue weighted by Crippen LogP contribution is -2.06. The minimum absolute atomic E-state index is 0.344. The van der Waals surface area contributed by atoms with Gasteiger partial charge in [-0.1, -0.05) is 35.9 Å². The Morgan fingerprint density at radius 3 is 2.33 bits per heavy atom. The van der Waals surface area contributed by atoms with Crippen LogP contribution in [0.4, 0.5) is 18.9 Å². The molecule has 0 aliphatic rings. The lowest BCUT2D eigenvalue weighted by molar-refractivity contribution is -0.137. The normalized spacial score (nSPS) is 11.7. The van der Waals surface area contributed by atoms with Crippen LogP contribution in [0.2, 0.25) is 0 Å². The standard InChI is InChI=1S/C19H17F3N2/c1-12-3-5-14(6-4-12)11-23-17-9-13(2)24-18-10-15(19(20,21)22)7-8-16(17)18/h3-10H,11H2,1-2H3,(H,23,24). The molecular weight excluding hydrogens is 313 g/mol. The smallest absolute Gasteiger partial charge is 0.380 e. The zero-order valence-electron chi connectivity index (χ0n) is 13.4. The molecule has 0 aliphatic heterocycles. The van der Waals surface area contributed by atoms with Crippen LogP contribution in [-0.2, 0) is 12.7 Å². The first-order valence-corrected chi connectivity index (χ1v) is 7.61. The van der Waals surface area contributed by atoms with Crippen LogP contribution < -0.4 is 5.32 Å². The first-order chi connectivity index (χ1) is 11.3. The number of halogens is 3. The van der Waals surface area contributed by atoms with E-state index in [4.69, 9.17) is 0 Å². The van der Waals surface area contributed by atoms with Crippen molar-refractivity contribution in [2.45, 2.75) is 26.6 Å². The van der Waals surface area contributed by atoms with Crippen LogP contribution in [0, 0.1) is 13.8 Å². The minimum atomic E-state index is -4.37. The molecule has 1 N–H and O–H groups in total. The van der Waals surface area contributed by atoms with E-state index in [1.54, 1.807) is 6.92 Å². The van der Waals surface area contributed by atoms with Crippen LogP contribution in [0.15, 0.2) is 48.5 Å². The monoisotopic (exact) mass is 330 g/mol. The van der Waals surface area contributed by atoms with Crippen molar-refractivity contribution >= 4 is 16.6 Å². The molecule has 0 atom stereocenters. The van der Waals surface area contributed by atoms with Gasteiger partial charge in [-0.25, -0.2) is 0 Å². The zero-order chi connectivity index (χ0) is 17.3. The van der Waals surface area contributed by atoms with Gasteiger partial charge < -0.3 is 5.32 Å². The molecular formula is C19H17F3N2. The van der Waals surface area contributed by atoms with Gasteiger partial charge in [0, 0.05) is 23.3 Å². The van der Waals surface area contributed by atoms with E-state index in [-0.39, 0.29) is 0 Å². The summed E-state index contributed by atoms with van der Waals surface area (Å²) in [4.78, 5) is 4.24. The third-order valence-corrected chi connectivity index (χ3v) is 3.87. The average molecular weight is 330 g/mol. The summed E-state index contributed by atoms with van der Waals surface area (Å²) >= 11 is 0. The maximum absolute atomic E-state index is 12.9. The van der Waals surface area contributed by atoms with Gasteiger partial charge >= 0.3 is 6.18 Å². The number of hydrogen-bond acceptors (Lipinski definition) is 2. The third kappa shape index (κ3) is 3.50. The van der Waals surface area contributed by atoms with Crippen LogP contribution in [0.3, 0.4) is 0 Å². The number of anilines is 1. The van der Waals surface area contributed by atoms with Crippen LogP contribution in [0.5, 0.6) is 0 Å². The molecule has 0 saturated carbocycles. The fourth-order valence-electron chi connectivity index (χ4n) is 2.59. The van der Waals surface area contributed by atoms with E-state index in [1.165, 1.54) is 11.6 Å². The van der Waals surface area contributed by atoms with Crippen molar-refractivity contribution < 1.29 is 13.2 Å². The highest BCUT2D eigenvalue weighted by atomic mass is 19.4. The predicted molar refractivity (Wildman–Crippen MR) is 90.0 cm³/mol. The number of nitrogens with one attached hydrogen (secondary N) is 1. The second-order valence-electron chi connectivity index (χ2n) is 5.88. The topological polar surface area (TPSA) is 24.9 Å². The van der Waals surface area contributed by atoms with Crippen molar-refractivity contribution in [1.29, 1.82) is 0 Å². The number of fused-ring (bicyclic) bond motifs is 1. The molecule has 2 aromatic carbocycles. The second kappa shape index (κ2) is 6.15. The summed E-state index contributed by atoms with van der Waals surface area (Å²) in [5, 5.41) is 3.98. The summed E-state index contributed by atoms with van der Waals surface area (Å²) in [6, 6.07) is 13.6. The van der Waals surface area contributed by atoms with Gasteiger partial charge in [0.1, 0.15) is 0 Å². The number of pyridine rings is 1. The van der Waals surface area contributed by atoms with Gasteiger partial charge in [0.05, 0.1) is 11.1 Å². The van der Waals surface area contributed by atoms with E-state index in [0.29, 0.717) is 23.1 Å². The molecule has 3 rings (SSSR count). The van der Waals surface area contributed by atoms with Gasteiger partial charge in [-0.05, 0) is 37.6 Å². The third-order valence-electron chi connectivity index (χ3n) is 3.87. The lowest BCUT2D eigenvalue weighted by atomic mass is 10.1. The Bertz CT molecular complexity index is 868. The van der Waals surface area contributed by atoms with Gasteiger partial charge in [0.15, 0.2) is 0 Å². The Morgan fingerprint density at radius 1 is 0.958 bits per heavy atom. The number of aryl methyl sites for hydroxylation is 2. The molecule has 0 amide bonds. The van der Waals surface area contributed by atoms with Crippen molar-refractivity contribution in [2.75, 3.05) is 5.32 Å². The maximum atomic E-state index is 12.9. The quantitative estimate of drug-likeness (QED) is 0.687. The van der Waals surface area contributed by atoms with Crippen molar-refractivity contribution in [1.82, 2.24) is 4.98 Å². The van der Waals surface area contributed by atoms with Crippen molar-refractivity contribution in [3.05, 3.63) is 70.9 Å². The number of nitrogens with zero attached hydrogens (tertiary/aromatic N) is 1. The Morgan fingerprint density at radius 2 is 1.67 bits per heavy atom. The fraction of sp³-hybridized carbons (Fsp3) is 0.211. The highest BCUT2D eigenvalue weighted by molar-refractivity contribution is 5.92. The van der Waals surface area contributed by atoms with Crippen LogP contribution in [0.1, 0.15) is 22.4 Å². The molecule has 0 spiro atoms. The molecule has 0 saturated heterocycles. The SMILES string of the molecule is Cc1ccc(CNc2cc(C)nc3cc(C(F)(F)F)ccc23)cc1. The van der Waals surface area contributed by atoms with E-state index >= 15 is 0 Å². The predicted octanol–water partition coefficient (Wildman–Crippen LogP) is 5.48. The zero-order valence-corrected chi connectivity index (χ0v) is 13.4. The second-order valence-corrected chi connectivity index (χ2v) is 5.88. The molecule has 1 aromatic heterocycles. The highest BCUT2D eigenvalue weighted by Gasteiger charge is 2.30. The van der Waals surface area contributed by atoms with E-state index in [2.05, 4.69) is 10.3 Å². The summed E-state index contributed by atoms with van der Waals surface area (Å²) in [7, 11) is 0. The Kier molecular flexibility index (Phi) is 4.18. The first kappa shape index (κ1) is 16.3. The highest BCUT2D eigenvalue weighted by Crippen LogP contribution is 2.33. The van der Waals surface area contributed by atoms with Gasteiger partial charge in [-0.15, -0.1) is 0 Å². The van der Waals surface area contributed by atoms with Crippen molar-refractivity contribution in [3.8, 4) is 0 Å². The van der Waals surface area contributed by atoms with Crippen molar-refractivity contribution in [2.24, 2.45) is 0 Å². The number of rotatable bonds is 3. The molecule has 0 bridgehead atoms. The number of hydrogen-bond donors (Lipinski definition) is 1. The van der Waals surface area contributed by atoms with E-state index in [0.717, 1.165) is 23.4 Å². The number of aromatic nitrogens is 1. The van der Waals surface area contributed by atoms with E-state index in [1.807, 2.05) is 37.3 Å². The Balaban J connectivity index is 1.94. The molecule has 2 nitrogen and oxygen atoms in total. The number of benzene rings is 2. The molecule has 0 fully saturated rings. The van der Waals surface area contributed by atoms with Crippen LogP contribution in [-0.4, -0.2) is 4.98 Å². The van der Waals surface area contributed by atoms with E-state index < -0.39 is 11.7 Å². The number of alkyl halides is 3. The summed E-state index contributed by atoms with van der Waals surface area (Å²) in [5.74, 6) is 0. The summed E-state index contributed by atoms with van der Waals surface area (Å²) in [6.45, 7) is 4.39. The van der Waals surface area contributed by atoms with Gasteiger partial charge in [0.25, 0.3) is 0 Å².